The molecule has 1 rings (SSSR count). The van der Waals surface area contributed by atoms with Gasteiger partial charge in [-0.15, -0.1) is 0 Å². The average molecular weight is 246 g/mol. The van der Waals surface area contributed by atoms with Crippen molar-refractivity contribution in [3.8, 4) is 0 Å². The van der Waals surface area contributed by atoms with E-state index in [-0.39, 0.29) is 6.61 Å². The van der Waals surface area contributed by atoms with Crippen LogP contribution in [0.1, 0.15) is 44.9 Å². The summed E-state index contributed by atoms with van der Waals surface area (Å²) in [5.74, 6) is 0.811. The third-order valence-corrected chi connectivity index (χ3v) is 3.25. The quantitative estimate of drug-likeness (QED) is 0.515. The van der Waals surface area contributed by atoms with Crippen LogP contribution in [0.25, 0.3) is 0 Å². The van der Waals surface area contributed by atoms with Gasteiger partial charge in [-0.25, -0.2) is 0 Å². The number of aliphatic hydroxyl groups excluding tert-OH is 1. The van der Waals surface area contributed by atoms with E-state index < -0.39 is 0 Å². The molecule has 1 N–H and O–H groups in total. The monoisotopic (exact) mass is 246 g/mol. The Hall–Kier alpha value is -1.08. The van der Waals surface area contributed by atoms with Gasteiger partial charge in [0.2, 0.25) is 0 Å². The van der Waals surface area contributed by atoms with Crippen molar-refractivity contribution < 1.29 is 5.11 Å². The Balaban J connectivity index is 2.10. The van der Waals surface area contributed by atoms with E-state index in [1.165, 1.54) is 32.1 Å². The van der Waals surface area contributed by atoms with Crippen molar-refractivity contribution in [3.63, 3.8) is 0 Å². The first-order valence-corrected chi connectivity index (χ1v) is 7.21. The first-order valence-electron chi connectivity index (χ1n) is 7.21. The van der Waals surface area contributed by atoms with Crippen LogP contribution in [0.5, 0.6) is 0 Å². The number of hydrogen-bond acceptors (Lipinski definition) is 1. The molecule has 100 valence electrons. The first kappa shape index (κ1) is 15.0. The molecular weight excluding hydrogens is 220 g/mol. The van der Waals surface area contributed by atoms with Crippen molar-refractivity contribution in [3.05, 3.63) is 48.6 Å². The third-order valence-electron chi connectivity index (χ3n) is 3.25. The molecule has 0 radical (unpaired) electrons. The van der Waals surface area contributed by atoms with E-state index in [0.717, 1.165) is 18.8 Å². The Morgan fingerprint density at radius 3 is 2.22 bits per heavy atom. The molecule has 0 amide bonds. The molecule has 0 atom stereocenters. The molecule has 1 saturated carbocycles. The van der Waals surface area contributed by atoms with Crippen LogP contribution >= 0.6 is 0 Å². The standard InChI is InChI=1S/C17H26O/c18-16-12-7-5-3-1-2-4-6-9-13-17-14-10-8-11-15-17/h1-6,9,13,17-18H,7-8,10-12,14-16H2/b2-1+,5-3+,6-4+,13-9+. The predicted molar refractivity (Wildman–Crippen MR) is 79.5 cm³/mol. The molecule has 1 aliphatic rings. The highest BCUT2D eigenvalue weighted by Gasteiger charge is 2.08. The lowest BCUT2D eigenvalue weighted by atomic mass is 9.89. The molecule has 1 fully saturated rings. The molecule has 0 spiro atoms. The van der Waals surface area contributed by atoms with Crippen molar-refractivity contribution >= 4 is 0 Å². The van der Waals surface area contributed by atoms with Crippen molar-refractivity contribution in [2.24, 2.45) is 5.92 Å². The maximum absolute atomic E-state index is 8.60. The molecule has 0 aromatic rings. The Bertz CT molecular complexity index is 291. The molecule has 1 heteroatoms. The number of rotatable bonds is 7. The second-order valence-corrected chi connectivity index (χ2v) is 4.85. The number of hydrogen-bond donors (Lipinski definition) is 1. The molecule has 0 bridgehead atoms. The van der Waals surface area contributed by atoms with Gasteiger partial charge in [-0.3, -0.25) is 0 Å². The van der Waals surface area contributed by atoms with Gasteiger partial charge in [0.25, 0.3) is 0 Å². The summed E-state index contributed by atoms with van der Waals surface area (Å²) in [5, 5.41) is 8.60. The fraction of sp³-hybridized carbons (Fsp3) is 0.529. The van der Waals surface area contributed by atoms with Crippen molar-refractivity contribution in [1.82, 2.24) is 0 Å². The Morgan fingerprint density at radius 1 is 0.833 bits per heavy atom. The fourth-order valence-electron chi connectivity index (χ4n) is 2.19. The first-order chi connectivity index (χ1) is 8.93. The maximum Gasteiger partial charge on any atom is 0.0433 e. The van der Waals surface area contributed by atoms with Crippen molar-refractivity contribution in [2.75, 3.05) is 6.61 Å². The smallest absolute Gasteiger partial charge is 0.0433 e. The van der Waals surface area contributed by atoms with Crippen LogP contribution in [-0.2, 0) is 0 Å². The lowest BCUT2D eigenvalue weighted by Crippen LogP contribution is -2.02. The number of unbranched alkanes of at least 4 members (excludes halogenated alkanes) is 1. The van der Waals surface area contributed by atoms with Crippen LogP contribution in [-0.4, -0.2) is 11.7 Å². The highest BCUT2D eigenvalue weighted by atomic mass is 16.2. The van der Waals surface area contributed by atoms with Gasteiger partial charge >= 0.3 is 0 Å². The van der Waals surface area contributed by atoms with Gasteiger partial charge in [0.05, 0.1) is 0 Å². The summed E-state index contributed by atoms with van der Waals surface area (Å²) in [6.45, 7) is 0.278. The van der Waals surface area contributed by atoms with Crippen LogP contribution in [0.3, 0.4) is 0 Å². The number of allylic oxidation sites excluding steroid dienone is 8. The van der Waals surface area contributed by atoms with Crippen LogP contribution in [0.15, 0.2) is 48.6 Å². The maximum atomic E-state index is 8.60. The van der Waals surface area contributed by atoms with Gasteiger partial charge in [-0.2, -0.15) is 0 Å². The van der Waals surface area contributed by atoms with Crippen LogP contribution in [0.4, 0.5) is 0 Å². The van der Waals surface area contributed by atoms with Crippen molar-refractivity contribution in [2.45, 2.75) is 44.9 Å². The van der Waals surface area contributed by atoms with Crippen LogP contribution in [0, 0.1) is 5.92 Å². The molecule has 0 heterocycles. The normalized spacial score (nSPS) is 18.9. The highest BCUT2D eigenvalue weighted by Crippen LogP contribution is 2.24. The van der Waals surface area contributed by atoms with E-state index in [4.69, 9.17) is 5.11 Å². The van der Waals surface area contributed by atoms with E-state index in [9.17, 15) is 0 Å². The van der Waals surface area contributed by atoms with E-state index >= 15 is 0 Å². The topological polar surface area (TPSA) is 20.2 Å². The van der Waals surface area contributed by atoms with E-state index in [1.54, 1.807) is 0 Å². The second kappa shape index (κ2) is 11.0. The van der Waals surface area contributed by atoms with E-state index in [2.05, 4.69) is 30.4 Å². The average Bonchev–Trinajstić information content (AvgIpc) is 2.42. The minimum atomic E-state index is 0.278. The summed E-state index contributed by atoms with van der Waals surface area (Å²) in [5.41, 5.74) is 0. The SMILES string of the molecule is OCCC/C=C/C=C/C=C/C=C/C1CCCCC1. The molecule has 1 nitrogen and oxygen atoms in total. The fourth-order valence-corrected chi connectivity index (χ4v) is 2.19. The Morgan fingerprint density at radius 2 is 1.50 bits per heavy atom. The molecule has 0 aromatic carbocycles. The Labute approximate surface area is 112 Å². The summed E-state index contributed by atoms with van der Waals surface area (Å²) < 4.78 is 0. The van der Waals surface area contributed by atoms with Gasteiger partial charge in [0, 0.05) is 6.61 Å². The summed E-state index contributed by atoms with van der Waals surface area (Å²) in [4.78, 5) is 0. The lowest BCUT2D eigenvalue weighted by Gasteiger charge is -2.17. The zero-order chi connectivity index (χ0) is 12.9. The summed E-state index contributed by atoms with van der Waals surface area (Å²) in [7, 11) is 0. The lowest BCUT2D eigenvalue weighted by molar-refractivity contribution is 0.289. The molecular formula is C17H26O. The van der Waals surface area contributed by atoms with Crippen LogP contribution in [0.2, 0.25) is 0 Å². The van der Waals surface area contributed by atoms with Crippen molar-refractivity contribution in [1.29, 1.82) is 0 Å². The summed E-state index contributed by atoms with van der Waals surface area (Å²) >= 11 is 0. The largest absolute Gasteiger partial charge is 0.396 e. The molecule has 0 aromatic heterocycles. The van der Waals surface area contributed by atoms with Gasteiger partial charge < -0.3 is 5.11 Å². The van der Waals surface area contributed by atoms with Gasteiger partial charge in [0.15, 0.2) is 0 Å². The van der Waals surface area contributed by atoms with Gasteiger partial charge in [0.1, 0.15) is 0 Å². The zero-order valence-electron chi connectivity index (χ0n) is 11.3. The van der Waals surface area contributed by atoms with Gasteiger partial charge in [-0.05, 0) is 31.6 Å². The molecule has 0 saturated heterocycles. The zero-order valence-corrected chi connectivity index (χ0v) is 11.3. The molecule has 18 heavy (non-hydrogen) atoms. The molecule has 0 aliphatic heterocycles. The summed E-state index contributed by atoms with van der Waals surface area (Å²) in [6, 6.07) is 0. The molecule has 1 aliphatic carbocycles. The van der Waals surface area contributed by atoms with E-state index in [1.807, 2.05) is 18.2 Å². The second-order valence-electron chi connectivity index (χ2n) is 4.85. The minimum absolute atomic E-state index is 0.278. The Kier molecular flexibility index (Phi) is 9.18. The van der Waals surface area contributed by atoms with Gasteiger partial charge in [-0.1, -0.05) is 67.9 Å². The summed E-state index contributed by atoms with van der Waals surface area (Å²) in [6.07, 6.45) is 25.6. The molecule has 0 unspecified atom stereocenters. The third kappa shape index (κ3) is 8.08. The van der Waals surface area contributed by atoms with Crippen LogP contribution < -0.4 is 0 Å². The van der Waals surface area contributed by atoms with E-state index in [0.29, 0.717) is 0 Å². The number of aliphatic hydroxyl groups is 1. The minimum Gasteiger partial charge on any atom is -0.396 e. The highest BCUT2D eigenvalue weighted by molar-refractivity contribution is 5.15. The predicted octanol–water partition coefficient (Wildman–Crippen LogP) is 4.56.